The Balaban J connectivity index is 3.06. The summed E-state index contributed by atoms with van der Waals surface area (Å²) in [5.41, 5.74) is 0.694. The zero-order valence-electron chi connectivity index (χ0n) is 8.57. The lowest BCUT2D eigenvalue weighted by atomic mass is 9.95. The molecule has 0 saturated carbocycles. The van der Waals surface area contributed by atoms with Crippen molar-refractivity contribution in [3.05, 3.63) is 11.3 Å². The highest BCUT2D eigenvalue weighted by molar-refractivity contribution is 5.98. The number of hydrogen-bond acceptors (Lipinski definition) is 4. The largest absolute Gasteiger partial charge is 0.394 e. The van der Waals surface area contributed by atoms with Crippen LogP contribution in [0.2, 0.25) is 0 Å². The predicted molar refractivity (Wildman–Crippen MR) is 51.9 cm³/mol. The van der Waals surface area contributed by atoms with E-state index in [4.69, 9.17) is 5.11 Å². The van der Waals surface area contributed by atoms with Gasteiger partial charge in [-0.05, 0) is 13.8 Å². The highest BCUT2D eigenvalue weighted by Gasteiger charge is 2.32. The number of ketones is 1. The van der Waals surface area contributed by atoms with E-state index in [1.54, 1.807) is 6.92 Å². The van der Waals surface area contributed by atoms with E-state index in [0.29, 0.717) is 5.70 Å². The topological polar surface area (TPSA) is 98.7 Å². The second-order valence-corrected chi connectivity index (χ2v) is 3.42. The lowest BCUT2D eigenvalue weighted by molar-refractivity contribution is -0.114. The van der Waals surface area contributed by atoms with Gasteiger partial charge in [-0.3, -0.25) is 4.79 Å². The summed E-state index contributed by atoms with van der Waals surface area (Å²) >= 11 is 0. The minimum Gasteiger partial charge on any atom is -0.394 e. The van der Waals surface area contributed by atoms with Crippen molar-refractivity contribution in [2.24, 2.45) is 0 Å². The van der Waals surface area contributed by atoms with Crippen LogP contribution in [0.15, 0.2) is 11.3 Å². The van der Waals surface area contributed by atoms with Crippen LogP contribution in [0, 0.1) is 0 Å². The summed E-state index contributed by atoms with van der Waals surface area (Å²) in [6, 6.07) is -1.34. The molecule has 84 valence electrons. The SMILES string of the molecule is CC(=O)C1=C(C)NC(=O)NC1C(O)CO. The van der Waals surface area contributed by atoms with E-state index in [1.165, 1.54) is 6.92 Å². The number of allylic oxidation sites excluding steroid dienone is 1. The number of aliphatic hydroxyl groups is 2. The van der Waals surface area contributed by atoms with Crippen LogP contribution in [0.5, 0.6) is 0 Å². The van der Waals surface area contributed by atoms with Gasteiger partial charge in [-0.1, -0.05) is 0 Å². The molecule has 15 heavy (non-hydrogen) atoms. The zero-order valence-corrected chi connectivity index (χ0v) is 8.57. The van der Waals surface area contributed by atoms with Crippen molar-refractivity contribution in [3.63, 3.8) is 0 Å². The molecule has 0 aromatic carbocycles. The number of nitrogens with one attached hydrogen (secondary N) is 2. The Bertz CT molecular complexity index is 324. The molecule has 0 saturated heterocycles. The fourth-order valence-electron chi connectivity index (χ4n) is 1.60. The van der Waals surface area contributed by atoms with Gasteiger partial charge in [0.05, 0.1) is 12.6 Å². The lowest BCUT2D eigenvalue weighted by Gasteiger charge is -2.30. The molecule has 0 aromatic heterocycles. The third kappa shape index (κ3) is 2.34. The van der Waals surface area contributed by atoms with Gasteiger partial charge in [0, 0.05) is 11.3 Å². The maximum absolute atomic E-state index is 11.3. The second-order valence-electron chi connectivity index (χ2n) is 3.42. The summed E-state index contributed by atoms with van der Waals surface area (Å²) in [5.74, 6) is -0.252. The Hall–Kier alpha value is -1.40. The molecular weight excluding hydrogens is 200 g/mol. The molecule has 0 bridgehead atoms. The molecule has 2 amide bonds. The van der Waals surface area contributed by atoms with Crippen LogP contribution < -0.4 is 10.6 Å². The van der Waals surface area contributed by atoms with Crippen molar-refractivity contribution in [2.45, 2.75) is 26.0 Å². The first-order chi connectivity index (χ1) is 6.97. The average molecular weight is 214 g/mol. The molecule has 1 aliphatic rings. The maximum atomic E-state index is 11.3. The summed E-state index contributed by atoms with van der Waals surface area (Å²) in [6.45, 7) is 2.40. The van der Waals surface area contributed by atoms with Crippen LogP contribution in [-0.4, -0.2) is 40.8 Å². The Morgan fingerprint density at radius 3 is 2.67 bits per heavy atom. The van der Waals surface area contributed by atoms with Gasteiger partial charge in [0.15, 0.2) is 5.78 Å². The van der Waals surface area contributed by atoms with Crippen molar-refractivity contribution in [3.8, 4) is 0 Å². The molecule has 4 N–H and O–H groups in total. The normalized spacial score (nSPS) is 23.2. The zero-order chi connectivity index (χ0) is 11.6. The average Bonchev–Trinajstić information content (AvgIpc) is 2.14. The number of urea groups is 1. The lowest BCUT2D eigenvalue weighted by Crippen LogP contribution is -2.55. The Morgan fingerprint density at radius 1 is 1.60 bits per heavy atom. The van der Waals surface area contributed by atoms with E-state index in [9.17, 15) is 14.7 Å². The van der Waals surface area contributed by atoms with Crippen LogP contribution >= 0.6 is 0 Å². The van der Waals surface area contributed by atoms with Gasteiger partial charge in [-0.25, -0.2) is 4.79 Å². The molecule has 0 radical (unpaired) electrons. The molecule has 0 fully saturated rings. The van der Waals surface area contributed by atoms with Crippen LogP contribution in [-0.2, 0) is 4.79 Å². The van der Waals surface area contributed by atoms with Crippen molar-refractivity contribution >= 4 is 11.8 Å². The predicted octanol–water partition coefficient (Wildman–Crippen LogP) is -1.12. The summed E-state index contributed by atoms with van der Waals surface area (Å²) < 4.78 is 0. The number of carbonyl (C=O) groups excluding carboxylic acids is 2. The number of rotatable bonds is 3. The van der Waals surface area contributed by atoms with Crippen LogP contribution in [0.3, 0.4) is 0 Å². The van der Waals surface area contributed by atoms with Gasteiger partial charge in [-0.2, -0.15) is 0 Å². The van der Waals surface area contributed by atoms with E-state index in [-0.39, 0.29) is 11.4 Å². The molecular formula is C9H14N2O4. The molecule has 0 aromatic rings. The molecule has 1 rings (SSSR count). The Morgan fingerprint density at radius 2 is 2.20 bits per heavy atom. The molecule has 1 heterocycles. The van der Waals surface area contributed by atoms with E-state index < -0.39 is 24.8 Å². The molecule has 2 unspecified atom stereocenters. The molecule has 6 nitrogen and oxygen atoms in total. The van der Waals surface area contributed by atoms with Crippen molar-refractivity contribution < 1.29 is 19.8 Å². The highest BCUT2D eigenvalue weighted by Crippen LogP contribution is 2.15. The van der Waals surface area contributed by atoms with Crippen LogP contribution in [0.1, 0.15) is 13.8 Å². The minimum atomic E-state index is -1.18. The number of amides is 2. The van der Waals surface area contributed by atoms with E-state index in [2.05, 4.69) is 10.6 Å². The molecule has 2 atom stereocenters. The van der Waals surface area contributed by atoms with Crippen LogP contribution in [0.25, 0.3) is 0 Å². The summed E-state index contributed by atoms with van der Waals surface area (Å²) in [4.78, 5) is 22.4. The first kappa shape index (κ1) is 11.7. The Kier molecular flexibility index (Phi) is 3.43. The van der Waals surface area contributed by atoms with Crippen molar-refractivity contribution in [2.75, 3.05) is 6.61 Å². The number of Topliss-reactive ketones (excluding diaryl/α,β-unsaturated/α-hetero) is 1. The summed E-state index contributed by atoms with van der Waals surface area (Å²) in [5, 5.41) is 23.1. The minimum absolute atomic E-state index is 0.252. The monoisotopic (exact) mass is 214 g/mol. The Labute approximate surface area is 87.0 Å². The first-order valence-electron chi connectivity index (χ1n) is 4.55. The third-order valence-corrected chi connectivity index (χ3v) is 2.25. The van der Waals surface area contributed by atoms with Crippen molar-refractivity contribution in [1.82, 2.24) is 10.6 Å². The molecule has 0 aliphatic carbocycles. The number of carbonyl (C=O) groups is 2. The quantitative estimate of drug-likeness (QED) is 0.478. The fraction of sp³-hybridized carbons (Fsp3) is 0.556. The molecule has 1 aliphatic heterocycles. The third-order valence-electron chi connectivity index (χ3n) is 2.25. The van der Waals surface area contributed by atoms with Gasteiger partial charge in [0.2, 0.25) is 0 Å². The van der Waals surface area contributed by atoms with Crippen molar-refractivity contribution in [1.29, 1.82) is 0 Å². The summed E-state index contributed by atoms with van der Waals surface area (Å²) in [6.07, 6.45) is -1.18. The first-order valence-corrected chi connectivity index (χ1v) is 4.55. The molecule has 6 heteroatoms. The molecule has 0 spiro atoms. The standard InChI is InChI=1S/C9H14N2O4/c1-4-7(5(2)13)8(6(14)3-12)11-9(15)10-4/h6,8,12,14H,3H2,1-2H3,(H2,10,11,15). The van der Waals surface area contributed by atoms with Crippen LogP contribution in [0.4, 0.5) is 4.79 Å². The van der Waals surface area contributed by atoms with E-state index >= 15 is 0 Å². The summed E-state index contributed by atoms with van der Waals surface area (Å²) in [7, 11) is 0. The van der Waals surface area contributed by atoms with Gasteiger partial charge in [0.25, 0.3) is 0 Å². The van der Waals surface area contributed by atoms with Gasteiger partial charge < -0.3 is 20.8 Å². The highest BCUT2D eigenvalue weighted by atomic mass is 16.3. The number of hydrogen-bond donors (Lipinski definition) is 4. The van der Waals surface area contributed by atoms with Gasteiger partial charge in [-0.15, -0.1) is 0 Å². The smallest absolute Gasteiger partial charge is 0.319 e. The number of aliphatic hydroxyl groups excluding tert-OH is 2. The van der Waals surface area contributed by atoms with E-state index in [0.717, 1.165) is 0 Å². The maximum Gasteiger partial charge on any atom is 0.319 e. The van der Waals surface area contributed by atoms with E-state index in [1.807, 2.05) is 0 Å². The van der Waals surface area contributed by atoms with Gasteiger partial charge in [0.1, 0.15) is 6.10 Å². The second kappa shape index (κ2) is 4.41. The van der Waals surface area contributed by atoms with Gasteiger partial charge >= 0.3 is 6.03 Å². The fourth-order valence-corrected chi connectivity index (χ4v) is 1.60.